The summed E-state index contributed by atoms with van der Waals surface area (Å²) in [4.78, 5) is 22.5. The molecule has 5 heteroatoms. The Kier molecular flexibility index (Phi) is 4.95. The highest BCUT2D eigenvalue weighted by atomic mass is 16.6. The van der Waals surface area contributed by atoms with E-state index in [1.807, 2.05) is 13.0 Å². The van der Waals surface area contributed by atoms with Gasteiger partial charge in [0.15, 0.2) is 0 Å². The molecular weight excluding hydrogens is 340 g/mol. The summed E-state index contributed by atoms with van der Waals surface area (Å²) in [5.74, 6) is 0.0712. The van der Waals surface area contributed by atoms with Crippen molar-refractivity contribution in [2.24, 2.45) is 0 Å². The molecule has 27 heavy (non-hydrogen) atoms. The van der Waals surface area contributed by atoms with Crippen LogP contribution in [0.25, 0.3) is 16.8 Å². The van der Waals surface area contributed by atoms with Gasteiger partial charge in [0, 0.05) is 41.2 Å². The molecule has 0 spiro atoms. The molecule has 0 saturated carbocycles. The summed E-state index contributed by atoms with van der Waals surface area (Å²) in [6.45, 7) is 7.69. The van der Waals surface area contributed by atoms with Crippen LogP contribution in [-0.2, 0) is 11.2 Å². The van der Waals surface area contributed by atoms with E-state index in [2.05, 4.69) is 36.6 Å². The Labute approximate surface area is 158 Å². The normalized spacial score (nSPS) is 10.8. The Morgan fingerprint density at radius 3 is 2.11 bits per heavy atom. The van der Waals surface area contributed by atoms with Crippen LogP contribution < -0.4 is 0 Å². The largest absolute Gasteiger partial charge is 0.317 e. The Bertz CT molecular complexity index is 1010. The average Bonchev–Trinajstić information content (AvgIpc) is 2.89. The van der Waals surface area contributed by atoms with Gasteiger partial charge in [0.2, 0.25) is 0 Å². The van der Waals surface area contributed by atoms with E-state index in [0.717, 1.165) is 39.3 Å². The summed E-state index contributed by atoms with van der Waals surface area (Å²) in [6, 6.07) is 14.8. The van der Waals surface area contributed by atoms with E-state index in [9.17, 15) is 14.9 Å². The van der Waals surface area contributed by atoms with E-state index in [0.29, 0.717) is 6.42 Å². The minimum Gasteiger partial charge on any atom is -0.317 e. The topological polar surface area (TPSA) is 65.1 Å². The van der Waals surface area contributed by atoms with Gasteiger partial charge in [-0.2, -0.15) is 0 Å². The summed E-state index contributed by atoms with van der Waals surface area (Å²) in [7, 11) is 0. The van der Waals surface area contributed by atoms with Crippen molar-refractivity contribution in [1.82, 2.24) is 4.57 Å². The summed E-state index contributed by atoms with van der Waals surface area (Å²) < 4.78 is 2.11. The van der Waals surface area contributed by atoms with Gasteiger partial charge in [-0.25, -0.2) is 0 Å². The predicted octanol–water partition coefficient (Wildman–Crippen LogP) is 5.11. The molecule has 0 aliphatic rings. The van der Waals surface area contributed by atoms with E-state index in [4.69, 9.17) is 0 Å². The minimum absolute atomic E-state index is 0.0531. The zero-order valence-electron chi connectivity index (χ0n) is 15.9. The van der Waals surface area contributed by atoms with Crippen molar-refractivity contribution in [1.29, 1.82) is 0 Å². The Balaban J connectivity index is 2.20. The van der Waals surface area contributed by atoms with Crippen LogP contribution in [0.4, 0.5) is 5.69 Å². The van der Waals surface area contributed by atoms with Gasteiger partial charge in [-0.1, -0.05) is 6.07 Å². The van der Waals surface area contributed by atoms with E-state index < -0.39 is 4.92 Å². The van der Waals surface area contributed by atoms with Crippen LogP contribution in [0.15, 0.2) is 48.5 Å². The summed E-state index contributed by atoms with van der Waals surface area (Å²) in [5.41, 5.74) is 7.10. The number of aromatic nitrogens is 1. The fraction of sp³-hybridized carbons (Fsp3) is 0.227. The molecule has 1 aromatic heterocycles. The number of nitro benzene ring substituents is 1. The lowest BCUT2D eigenvalue weighted by atomic mass is 10.0. The van der Waals surface area contributed by atoms with Crippen molar-refractivity contribution in [3.05, 3.63) is 81.2 Å². The number of hydrogen-bond donors (Lipinski definition) is 0. The van der Waals surface area contributed by atoms with Crippen LogP contribution in [0.1, 0.15) is 29.4 Å². The number of nitro groups is 1. The van der Waals surface area contributed by atoms with E-state index in [1.54, 1.807) is 19.1 Å². The Morgan fingerprint density at radius 2 is 1.59 bits per heavy atom. The van der Waals surface area contributed by atoms with Crippen LogP contribution >= 0.6 is 0 Å². The molecule has 0 aliphatic heterocycles. The minimum atomic E-state index is -0.411. The number of hydrogen-bond acceptors (Lipinski definition) is 3. The number of benzene rings is 2. The average molecular weight is 362 g/mol. The first kappa shape index (κ1) is 18.6. The number of aryl methyl sites for hydroxylation is 3. The third-order valence-electron chi connectivity index (χ3n) is 4.56. The first-order chi connectivity index (χ1) is 12.8. The number of carbonyl (C=O) groups is 1. The molecule has 3 rings (SSSR count). The summed E-state index contributed by atoms with van der Waals surface area (Å²) in [6.07, 6.45) is 0.299. The molecule has 0 unspecified atom stereocenters. The van der Waals surface area contributed by atoms with Gasteiger partial charge in [-0.15, -0.1) is 0 Å². The number of nitrogens with zero attached hydrogens (tertiary/aromatic N) is 2. The first-order valence-electron chi connectivity index (χ1n) is 8.80. The molecule has 138 valence electrons. The van der Waals surface area contributed by atoms with Crippen LogP contribution in [0.5, 0.6) is 0 Å². The molecule has 3 aromatic rings. The highest BCUT2D eigenvalue weighted by Crippen LogP contribution is 2.32. The number of Topliss-reactive ketones (excluding diaryl/α,β-unsaturated/α-hetero) is 1. The lowest BCUT2D eigenvalue weighted by Gasteiger charge is -2.14. The molecule has 0 amide bonds. The maximum absolute atomic E-state index is 12.0. The monoisotopic (exact) mass is 362 g/mol. The maximum atomic E-state index is 12.0. The zero-order valence-corrected chi connectivity index (χ0v) is 15.9. The van der Waals surface area contributed by atoms with Crippen molar-refractivity contribution < 1.29 is 9.72 Å². The predicted molar refractivity (Wildman–Crippen MR) is 106 cm³/mol. The molecule has 0 fully saturated rings. The van der Waals surface area contributed by atoms with E-state index in [1.165, 1.54) is 12.1 Å². The van der Waals surface area contributed by atoms with Crippen molar-refractivity contribution in [3.63, 3.8) is 0 Å². The molecule has 2 aromatic carbocycles. The lowest BCUT2D eigenvalue weighted by Crippen LogP contribution is -2.08. The highest BCUT2D eigenvalue weighted by Gasteiger charge is 2.18. The maximum Gasteiger partial charge on any atom is 0.269 e. The highest BCUT2D eigenvalue weighted by molar-refractivity contribution is 5.82. The van der Waals surface area contributed by atoms with Crippen LogP contribution in [0.3, 0.4) is 0 Å². The van der Waals surface area contributed by atoms with Crippen molar-refractivity contribution in [2.75, 3.05) is 0 Å². The van der Waals surface area contributed by atoms with Crippen molar-refractivity contribution in [2.45, 2.75) is 34.1 Å². The van der Waals surface area contributed by atoms with Crippen molar-refractivity contribution in [3.8, 4) is 16.8 Å². The second kappa shape index (κ2) is 7.19. The van der Waals surface area contributed by atoms with Gasteiger partial charge in [-0.05, 0) is 74.7 Å². The molecule has 0 atom stereocenters. The summed E-state index contributed by atoms with van der Waals surface area (Å²) in [5, 5.41) is 10.9. The molecule has 5 nitrogen and oxygen atoms in total. The van der Waals surface area contributed by atoms with Gasteiger partial charge in [0.1, 0.15) is 5.78 Å². The summed E-state index contributed by atoms with van der Waals surface area (Å²) >= 11 is 0. The van der Waals surface area contributed by atoms with Gasteiger partial charge in [0.05, 0.1) is 4.92 Å². The number of rotatable bonds is 5. The number of carbonyl (C=O) groups excluding carboxylic acids is 1. The Hall–Kier alpha value is -3.21. The standard InChI is InChI=1S/C22H22N2O3/c1-14-9-15(2)11-20(10-14)23-16(3)12-21(22(23)13-17(4)25)18-5-7-19(8-6-18)24(26)27/h5-12H,13H2,1-4H3. The molecule has 0 radical (unpaired) electrons. The third-order valence-corrected chi connectivity index (χ3v) is 4.56. The molecule has 1 heterocycles. The molecular formula is C22H22N2O3. The van der Waals surface area contributed by atoms with Gasteiger partial charge >= 0.3 is 0 Å². The fourth-order valence-electron chi connectivity index (χ4n) is 3.55. The molecule has 0 bridgehead atoms. The fourth-order valence-corrected chi connectivity index (χ4v) is 3.55. The SMILES string of the molecule is CC(=O)Cc1c(-c2ccc([N+](=O)[O-])cc2)cc(C)n1-c1cc(C)cc(C)c1. The quantitative estimate of drug-likeness (QED) is 0.468. The van der Waals surface area contributed by atoms with Crippen LogP contribution in [0.2, 0.25) is 0 Å². The zero-order chi connectivity index (χ0) is 19.7. The van der Waals surface area contributed by atoms with Crippen molar-refractivity contribution >= 4 is 11.5 Å². The van der Waals surface area contributed by atoms with Crippen LogP contribution in [-0.4, -0.2) is 15.3 Å². The van der Waals surface area contributed by atoms with Crippen LogP contribution in [0, 0.1) is 30.9 Å². The molecule has 0 N–H and O–H groups in total. The van der Waals surface area contributed by atoms with E-state index in [-0.39, 0.29) is 11.5 Å². The van der Waals surface area contributed by atoms with E-state index >= 15 is 0 Å². The third kappa shape index (κ3) is 3.82. The van der Waals surface area contributed by atoms with Gasteiger partial charge in [-0.3, -0.25) is 14.9 Å². The lowest BCUT2D eigenvalue weighted by molar-refractivity contribution is -0.384. The smallest absolute Gasteiger partial charge is 0.269 e. The molecule has 0 saturated heterocycles. The number of non-ortho nitro benzene ring substituents is 1. The molecule has 0 aliphatic carbocycles. The first-order valence-corrected chi connectivity index (χ1v) is 8.80. The van der Waals surface area contributed by atoms with Gasteiger partial charge < -0.3 is 4.57 Å². The number of ketones is 1. The Morgan fingerprint density at radius 1 is 1.00 bits per heavy atom. The van der Waals surface area contributed by atoms with Gasteiger partial charge in [0.25, 0.3) is 5.69 Å². The second-order valence-electron chi connectivity index (χ2n) is 7.01. The second-order valence-corrected chi connectivity index (χ2v) is 7.01.